The molecule has 2 aliphatic rings. The Labute approximate surface area is 193 Å². The zero-order valence-electron chi connectivity index (χ0n) is 19.1. The van der Waals surface area contributed by atoms with Crippen molar-refractivity contribution in [3.8, 4) is 5.75 Å². The summed E-state index contributed by atoms with van der Waals surface area (Å²) in [5.41, 5.74) is 2.52. The normalized spacial score (nSPS) is 21.5. The minimum Gasteiger partial charge on any atom is -0.497 e. The van der Waals surface area contributed by atoms with Crippen LogP contribution in [0.1, 0.15) is 59.2 Å². The molecular weight excluding hydrogens is 418 g/mol. The second-order valence-electron chi connectivity index (χ2n) is 9.11. The standard InChI is InChI=1S/C26H29N3O4/c1-3-6-21-14-22(27-33-21)26(31)28-15-18-13-19(16-28)24(29-23(18)9-5-10-25(29)30)12-17-7-4-8-20(11-17)32-2/h4-5,7-11,14,18-19,24H,3,6,12-13,15-16H2,1-2H3/t18-,19+,24+/m1/s1. The highest BCUT2D eigenvalue weighted by molar-refractivity contribution is 5.92. The molecule has 1 fully saturated rings. The molecule has 33 heavy (non-hydrogen) atoms. The van der Waals surface area contributed by atoms with Crippen LogP contribution >= 0.6 is 0 Å². The number of pyridine rings is 1. The van der Waals surface area contributed by atoms with Crippen LogP contribution in [0.2, 0.25) is 0 Å². The molecule has 0 spiro atoms. The highest BCUT2D eigenvalue weighted by atomic mass is 16.5. The van der Waals surface area contributed by atoms with Crippen molar-refractivity contribution in [2.75, 3.05) is 20.2 Å². The molecule has 4 heterocycles. The van der Waals surface area contributed by atoms with Gasteiger partial charge in [0.2, 0.25) is 0 Å². The average Bonchev–Trinajstić information content (AvgIpc) is 3.30. The van der Waals surface area contributed by atoms with Gasteiger partial charge < -0.3 is 18.7 Å². The van der Waals surface area contributed by atoms with Gasteiger partial charge in [0.05, 0.1) is 7.11 Å². The number of likely N-dealkylation sites (tertiary alicyclic amines) is 1. The molecule has 1 aromatic carbocycles. The van der Waals surface area contributed by atoms with E-state index >= 15 is 0 Å². The second kappa shape index (κ2) is 8.89. The Hall–Kier alpha value is -3.35. The summed E-state index contributed by atoms with van der Waals surface area (Å²) < 4.78 is 12.7. The third kappa shape index (κ3) is 4.08. The lowest BCUT2D eigenvalue weighted by Crippen LogP contribution is -2.51. The van der Waals surface area contributed by atoms with E-state index in [4.69, 9.17) is 9.26 Å². The zero-order chi connectivity index (χ0) is 22.9. The Balaban J connectivity index is 1.47. The van der Waals surface area contributed by atoms with E-state index in [0.717, 1.165) is 42.0 Å². The molecule has 1 saturated heterocycles. The number of carbonyl (C=O) groups excluding carboxylic acids is 1. The average molecular weight is 448 g/mol. The smallest absolute Gasteiger partial charge is 0.276 e. The molecule has 5 rings (SSSR count). The highest BCUT2D eigenvalue weighted by Crippen LogP contribution is 2.42. The number of amides is 1. The van der Waals surface area contributed by atoms with Crippen LogP contribution in [0.25, 0.3) is 0 Å². The van der Waals surface area contributed by atoms with Crippen molar-refractivity contribution in [3.63, 3.8) is 0 Å². The van der Waals surface area contributed by atoms with Crippen molar-refractivity contribution in [2.45, 2.75) is 44.6 Å². The minimum atomic E-state index is -0.0948. The number of piperidine rings is 1. The van der Waals surface area contributed by atoms with Crippen molar-refractivity contribution < 1.29 is 14.1 Å². The van der Waals surface area contributed by atoms with Gasteiger partial charge in [0.1, 0.15) is 11.5 Å². The van der Waals surface area contributed by atoms with E-state index < -0.39 is 0 Å². The summed E-state index contributed by atoms with van der Waals surface area (Å²) >= 11 is 0. The quantitative estimate of drug-likeness (QED) is 0.574. The van der Waals surface area contributed by atoms with Crippen LogP contribution in [-0.4, -0.2) is 40.7 Å². The largest absolute Gasteiger partial charge is 0.497 e. The van der Waals surface area contributed by atoms with E-state index in [-0.39, 0.29) is 29.3 Å². The SMILES string of the molecule is CCCc1cc(C(=O)N2C[C@H]3C[C@@H](C2)[C@H](Cc2cccc(OC)c2)n2c3cccc2=O)no1. The summed E-state index contributed by atoms with van der Waals surface area (Å²) in [6, 6.07) is 15.2. The molecular formula is C26H29N3O4. The maximum atomic E-state index is 13.3. The number of carbonyl (C=O) groups is 1. The van der Waals surface area contributed by atoms with Crippen LogP contribution in [0, 0.1) is 5.92 Å². The van der Waals surface area contributed by atoms with Gasteiger partial charge in [-0.25, -0.2) is 0 Å². The van der Waals surface area contributed by atoms with E-state index in [1.165, 1.54) is 0 Å². The van der Waals surface area contributed by atoms with Crippen LogP contribution in [0.3, 0.4) is 0 Å². The van der Waals surface area contributed by atoms with Crippen LogP contribution in [0.4, 0.5) is 0 Å². The predicted octanol–water partition coefficient (Wildman–Crippen LogP) is 3.84. The molecule has 0 N–H and O–H groups in total. The van der Waals surface area contributed by atoms with Crippen molar-refractivity contribution in [3.05, 3.63) is 81.6 Å². The monoisotopic (exact) mass is 447 g/mol. The lowest BCUT2D eigenvalue weighted by atomic mass is 9.76. The summed E-state index contributed by atoms with van der Waals surface area (Å²) in [6.45, 7) is 3.25. The van der Waals surface area contributed by atoms with Crippen molar-refractivity contribution >= 4 is 5.91 Å². The minimum absolute atomic E-state index is 0.0237. The van der Waals surface area contributed by atoms with E-state index in [1.807, 2.05) is 39.8 Å². The Morgan fingerprint density at radius 1 is 1.18 bits per heavy atom. The molecule has 0 saturated carbocycles. The Kier molecular flexibility index (Phi) is 5.79. The molecule has 2 aromatic heterocycles. The molecule has 0 unspecified atom stereocenters. The summed E-state index contributed by atoms with van der Waals surface area (Å²) in [5, 5.41) is 4.03. The fourth-order valence-electron chi connectivity index (χ4n) is 5.45. The number of aromatic nitrogens is 2. The molecule has 7 nitrogen and oxygen atoms in total. The first-order chi connectivity index (χ1) is 16.1. The predicted molar refractivity (Wildman–Crippen MR) is 124 cm³/mol. The fraction of sp³-hybridized carbons (Fsp3) is 0.423. The Morgan fingerprint density at radius 3 is 2.85 bits per heavy atom. The van der Waals surface area contributed by atoms with Crippen molar-refractivity contribution in [1.82, 2.24) is 14.6 Å². The van der Waals surface area contributed by atoms with E-state index in [2.05, 4.69) is 18.1 Å². The van der Waals surface area contributed by atoms with Gasteiger partial charge in [-0.1, -0.05) is 30.3 Å². The van der Waals surface area contributed by atoms with Crippen molar-refractivity contribution in [1.29, 1.82) is 0 Å². The fourth-order valence-corrected chi connectivity index (χ4v) is 5.45. The summed E-state index contributed by atoms with van der Waals surface area (Å²) in [6.07, 6.45) is 3.37. The van der Waals surface area contributed by atoms with Gasteiger partial charge in [-0.3, -0.25) is 9.59 Å². The first-order valence-electron chi connectivity index (χ1n) is 11.7. The molecule has 0 aliphatic carbocycles. The maximum Gasteiger partial charge on any atom is 0.276 e. The van der Waals surface area contributed by atoms with Gasteiger partial charge in [0.25, 0.3) is 11.5 Å². The number of aryl methyl sites for hydroxylation is 1. The van der Waals surface area contributed by atoms with Crippen LogP contribution < -0.4 is 10.3 Å². The molecule has 2 bridgehead atoms. The van der Waals surface area contributed by atoms with Crippen LogP contribution in [0.5, 0.6) is 5.75 Å². The van der Waals surface area contributed by atoms with Gasteiger partial charge in [-0.15, -0.1) is 0 Å². The molecule has 172 valence electrons. The number of rotatable bonds is 6. The lowest BCUT2D eigenvalue weighted by molar-refractivity contribution is 0.0519. The zero-order valence-corrected chi connectivity index (χ0v) is 19.1. The number of nitrogens with zero attached hydrogens (tertiary/aromatic N) is 3. The lowest BCUT2D eigenvalue weighted by Gasteiger charge is -2.47. The Morgan fingerprint density at radius 2 is 2.03 bits per heavy atom. The van der Waals surface area contributed by atoms with Gasteiger partial charge in [0, 0.05) is 49.3 Å². The molecule has 7 heteroatoms. The molecule has 1 amide bonds. The number of fused-ring (bicyclic) bond motifs is 4. The molecule has 3 atom stereocenters. The molecule has 2 aliphatic heterocycles. The first kappa shape index (κ1) is 21.5. The first-order valence-corrected chi connectivity index (χ1v) is 11.7. The van der Waals surface area contributed by atoms with Gasteiger partial charge in [-0.2, -0.15) is 0 Å². The summed E-state index contributed by atoms with van der Waals surface area (Å²) in [5.74, 6) is 1.75. The third-order valence-electron chi connectivity index (χ3n) is 6.94. The highest BCUT2D eigenvalue weighted by Gasteiger charge is 2.42. The van der Waals surface area contributed by atoms with Gasteiger partial charge in [0.15, 0.2) is 5.69 Å². The van der Waals surface area contributed by atoms with E-state index in [9.17, 15) is 9.59 Å². The van der Waals surface area contributed by atoms with E-state index in [1.54, 1.807) is 19.2 Å². The van der Waals surface area contributed by atoms with Crippen LogP contribution in [-0.2, 0) is 12.8 Å². The van der Waals surface area contributed by atoms with Crippen LogP contribution in [0.15, 0.2) is 57.8 Å². The number of ether oxygens (including phenoxy) is 1. The number of methoxy groups -OCH3 is 1. The van der Waals surface area contributed by atoms with Gasteiger partial charge >= 0.3 is 0 Å². The summed E-state index contributed by atoms with van der Waals surface area (Å²) in [4.78, 5) is 28.1. The second-order valence-corrected chi connectivity index (χ2v) is 9.11. The topological polar surface area (TPSA) is 77.6 Å². The van der Waals surface area contributed by atoms with E-state index in [0.29, 0.717) is 25.2 Å². The summed E-state index contributed by atoms with van der Waals surface area (Å²) in [7, 11) is 1.66. The maximum absolute atomic E-state index is 13.3. The number of hydrogen-bond acceptors (Lipinski definition) is 5. The third-order valence-corrected chi connectivity index (χ3v) is 6.94. The Bertz CT molecular complexity index is 1210. The van der Waals surface area contributed by atoms with Gasteiger partial charge in [-0.05, 0) is 48.9 Å². The van der Waals surface area contributed by atoms with Crippen molar-refractivity contribution in [2.24, 2.45) is 5.92 Å². The number of hydrogen-bond donors (Lipinski definition) is 0. The number of benzene rings is 1. The molecule has 3 aromatic rings. The molecule has 0 radical (unpaired) electrons.